The fourth-order valence-corrected chi connectivity index (χ4v) is 8.44. The first-order chi connectivity index (χ1) is 17.8. The van der Waals surface area contributed by atoms with Crippen molar-refractivity contribution in [3.8, 4) is 5.75 Å². The Kier molecular flexibility index (Phi) is 12.2. The fourth-order valence-electron chi connectivity index (χ4n) is 6.93. The van der Waals surface area contributed by atoms with Crippen LogP contribution in [0.3, 0.4) is 0 Å². The number of aliphatic hydroxyl groups is 1. The van der Waals surface area contributed by atoms with Crippen LogP contribution in [0.1, 0.15) is 109 Å². The van der Waals surface area contributed by atoms with Gasteiger partial charge in [0.15, 0.2) is 0 Å². The summed E-state index contributed by atoms with van der Waals surface area (Å²) in [5, 5.41) is 21.5. The number of aliphatic hydroxyl groups excluding tert-OH is 1. The first kappa shape index (κ1) is 30.3. The van der Waals surface area contributed by atoms with Crippen molar-refractivity contribution in [2.75, 3.05) is 19.3 Å². The van der Waals surface area contributed by atoms with Gasteiger partial charge in [0.2, 0.25) is 5.91 Å². The molecule has 1 amide bonds. The zero-order valence-electron chi connectivity index (χ0n) is 24.0. The van der Waals surface area contributed by atoms with E-state index in [1.54, 1.807) is 0 Å². The number of unbranched alkanes of at least 4 members (excludes halogenated alkanes) is 6. The Morgan fingerprint density at radius 1 is 1.03 bits per heavy atom. The number of rotatable bonds is 15. The Morgan fingerprint density at radius 2 is 1.73 bits per heavy atom. The van der Waals surface area contributed by atoms with Gasteiger partial charge in [-0.15, -0.1) is 0 Å². The smallest absolute Gasteiger partial charge is 0.222 e. The second kappa shape index (κ2) is 14.8. The van der Waals surface area contributed by atoms with Crippen molar-refractivity contribution < 1.29 is 15.0 Å². The van der Waals surface area contributed by atoms with Crippen LogP contribution in [0, 0.1) is 17.3 Å². The van der Waals surface area contributed by atoms with Crippen molar-refractivity contribution in [1.82, 2.24) is 4.90 Å². The molecule has 0 spiro atoms. The van der Waals surface area contributed by atoms with E-state index in [4.69, 9.17) is 0 Å². The molecule has 0 radical (unpaired) electrons. The minimum atomic E-state index is -0.176. The van der Waals surface area contributed by atoms with Crippen molar-refractivity contribution in [2.24, 2.45) is 17.3 Å². The molecule has 37 heavy (non-hydrogen) atoms. The van der Waals surface area contributed by atoms with Crippen LogP contribution in [0.15, 0.2) is 18.2 Å². The number of nitrogens with zero attached hydrogens (tertiary/aromatic N) is 1. The highest BCUT2D eigenvalue weighted by Gasteiger charge is 2.50. The zero-order chi connectivity index (χ0) is 26.8. The predicted octanol–water partition coefficient (Wildman–Crippen LogP) is 7.39. The molecule has 1 fully saturated rings. The molecule has 0 heterocycles. The molecule has 1 aromatic carbocycles. The Bertz CT molecular complexity index is 845. The molecular formula is C32H53NO3S. The molecule has 5 atom stereocenters. The van der Waals surface area contributed by atoms with Gasteiger partial charge >= 0.3 is 0 Å². The van der Waals surface area contributed by atoms with Crippen LogP contribution in [0.5, 0.6) is 5.75 Å². The summed E-state index contributed by atoms with van der Waals surface area (Å²) in [5.41, 5.74) is 2.75. The number of phenols is 1. The Balaban J connectivity index is 1.41. The number of aromatic hydroxyl groups is 1. The summed E-state index contributed by atoms with van der Waals surface area (Å²) in [5.74, 6) is 3.05. The SMILES string of the molecule is CCCN(C)C(=O)CCCCCCCCCS[C@@H]1Cc2cc(O)ccc2C[C@@H]1[C@@H]1CC[C@H](O)[C@@]1(C)CC. The summed E-state index contributed by atoms with van der Waals surface area (Å²) in [6, 6.07) is 5.96. The third-order valence-electron chi connectivity index (χ3n) is 9.53. The summed E-state index contributed by atoms with van der Waals surface area (Å²) in [4.78, 5) is 13.9. The highest BCUT2D eigenvalue weighted by molar-refractivity contribution is 7.99. The molecule has 2 N–H and O–H groups in total. The molecule has 3 rings (SSSR count). The van der Waals surface area contributed by atoms with E-state index in [1.807, 2.05) is 24.1 Å². The van der Waals surface area contributed by atoms with Crippen molar-refractivity contribution in [3.63, 3.8) is 0 Å². The number of amides is 1. The lowest BCUT2D eigenvalue weighted by molar-refractivity contribution is -0.130. The normalized spacial score (nSPS) is 27.3. The van der Waals surface area contributed by atoms with Gasteiger partial charge in [0.05, 0.1) is 6.10 Å². The summed E-state index contributed by atoms with van der Waals surface area (Å²) >= 11 is 2.15. The van der Waals surface area contributed by atoms with E-state index in [2.05, 4.69) is 38.6 Å². The van der Waals surface area contributed by atoms with Crippen LogP contribution in [-0.4, -0.2) is 51.7 Å². The molecule has 1 saturated carbocycles. The highest BCUT2D eigenvalue weighted by Crippen LogP contribution is 2.53. The van der Waals surface area contributed by atoms with Crippen molar-refractivity contribution in [1.29, 1.82) is 0 Å². The lowest BCUT2D eigenvalue weighted by Gasteiger charge is -2.44. The first-order valence-electron chi connectivity index (χ1n) is 15.1. The zero-order valence-corrected chi connectivity index (χ0v) is 24.8. The molecule has 0 unspecified atom stereocenters. The van der Waals surface area contributed by atoms with E-state index in [-0.39, 0.29) is 11.5 Å². The molecular weight excluding hydrogens is 478 g/mol. The van der Waals surface area contributed by atoms with E-state index in [9.17, 15) is 15.0 Å². The number of hydrogen-bond acceptors (Lipinski definition) is 4. The van der Waals surface area contributed by atoms with Gasteiger partial charge in [0.25, 0.3) is 0 Å². The summed E-state index contributed by atoms with van der Waals surface area (Å²) in [6.45, 7) is 7.56. The topological polar surface area (TPSA) is 60.8 Å². The van der Waals surface area contributed by atoms with Gasteiger partial charge in [0, 0.05) is 25.3 Å². The Hall–Kier alpha value is -1.20. The van der Waals surface area contributed by atoms with E-state index in [0.29, 0.717) is 35.2 Å². The van der Waals surface area contributed by atoms with Crippen LogP contribution in [0.4, 0.5) is 0 Å². The number of hydrogen-bond donors (Lipinski definition) is 2. The maximum Gasteiger partial charge on any atom is 0.222 e. The number of fused-ring (bicyclic) bond motifs is 1. The molecule has 2 aliphatic rings. The van der Waals surface area contributed by atoms with Crippen LogP contribution in [0.25, 0.3) is 0 Å². The largest absolute Gasteiger partial charge is 0.508 e. The molecule has 4 nitrogen and oxygen atoms in total. The maximum atomic E-state index is 12.0. The molecule has 0 aromatic heterocycles. The van der Waals surface area contributed by atoms with E-state index < -0.39 is 0 Å². The maximum absolute atomic E-state index is 12.0. The number of thioether (sulfide) groups is 1. The van der Waals surface area contributed by atoms with Gasteiger partial charge in [-0.25, -0.2) is 0 Å². The quantitative estimate of drug-likeness (QED) is 0.232. The van der Waals surface area contributed by atoms with Gasteiger partial charge in [-0.3, -0.25) is 4.79 Å². The highest BCUT2D eigenvalue weighted by atomic mass is 32.2. The third-order valence-corrected chi connectivity index (χ3v) is 11.0. The van der Waals surface area contributed by atoms with Crippen molar-refractivity contribution in [3.05, 3.63) is 29.3 Å². The van der Waals surface area contributed by atoms with Gasteiger partial charge in [-0.05, 0) is 97.6 Å². The van der Waals surface area contributed by atoms with E-state index in [0.717, 1.165) is 51.5 Å². The molecule has 0 bridgehead atoms. The van der Waals surface area contributed by atoms with Gasteiger partial charge in [0.1, 0.15) is 5.75 Å². The number of carbonyl (C=O) groups excluding carboxylic acids is 1. The van der Waals surface area contributed by atoms with Crippen LogP contribution in [-0.2, 0) is 17.6 Å². The number of phenolic OH excluding ortho intramolecular Hbond substituents is 1. The molecule has 1 aromatic rings. The van der Waals surface area contributed by atoms with Crippen molar-refractivity contribution in [2.45, 2.75) is 122 Å². The van der Waals surface area contributed by atoms with E-state index >= 15 is 0 Å². The average molecular weight is 532 g/mol. The predicted molar refractivity (Wildman–Crippen MR) is 157 cm³/mol. The van der Waals surface area contributed by atoms with Gasteiger partial charge in [-0.1, -0.05) is 58.9 Å². The average Bonchev–Trinajstić information content (AvgIpc) is 3.18. The molecule has 2 aliphatic carbocycles. The minimum Gasteiger partial charge on any atom is -0.508 e. The summed E-state index contributed by atoms with van der Waals surface area (Å²) < 4.78 is 0. The monoisotopic (exact) mass is 531 g/mol. The summed E-state index contributed by atoms with van der Waals surface area (Å²) in [6.07, 6.45) is 15.3. The second-order valence-corrected chi connectivity index (χ2v) is 13.4. The molecule has 210 valence electrons. The van der Waals surface area contributed by atoms with Crippen molar-refractivity contribution >= 4 is 17.7 Å². The van der Waals surface area contributed by atoms with Gasteiger partial charge in [-0.2, -0.15) is 11.8 Å². The van der Waals surface area contributed by atoms with Crippen LogP contribution >= 0.6 is 11.8 Å². The first-order valence-corrected chi connectivity index (χ1v) is 16.2. The lowest BCUT2D eigenvalue weighted by Crippen LogP contribution is -2.42. The minimum absolute atomic E-state index is 0.0218. The standard InChI is InChI=1S/C32H53NO3S/c1-5-19-33(4)31(36)14-12-10-8-7-9-11-13-20-37-29-23-25-21-26(34)16-15-24(25)22-27(29)28-17-18-30(35)32(28,3)6-2/h15-16,21,27-30,34-35H,5-14,17-20,22-23H2,1-4H3/t27-,28+,29-,30+,32+/m1/s1. The molecule has 0 aliphatic heterocycles. The number of benzene rings is 1. The lowest BCUT2D eigenvalue weighted by atomic mass is 9.65. The van der Waals surface area contributed by atoms with Crippen LogP contribution in [0.2, 0.25) is 0 Å². The number of carbonyl (C=O) groups is 1. The third kappa shape index (κ3) is 8.14. The van der Waals surface area contributed by atoms with Gasteiger partial charge < -0.3 is 15.1 Å². The van der Waals surface area contributed by atoms with Crippen LogP contribution < -0.4 is 0 Å². The fraction of sp³-hybridized carbons (Fsp3) is 0.781. The summed E-state index contributed by atoms with van der Waals surface area (Å²) in [7, 11) is 1.92. The Labute approximate surface area is 231 Å². The molecule has 0 saturated heterocycles. The van der Waals surface area contributed by atoms with E-state index in [1.165, 1.54) is 55.4 Å². The second-order valence-electron chi connectivity index (χ2n) is 12.0. The Morgan fingerprint density at radius 3 is 2.43 bits per heavy atom. The molecule has 5 heteroatoms.